The van der Waals surface area contributed by atoms with Crippen LogP contribution in [0.25, 0.3) is 15.9 Å². The summed E-state index contributed by atoms with van der Waals surface area (Å²) < 4.78 is 10.8. The van der Waals surface area contributed by atoms with Gasteiger partial charge in [0.2, 0.25) is 0 Å². The standard InChI is InChI=1S/C17H15N7O2/c1-18-16-13(9-3-2-4-11-14(9)24-26-23-11)10-7-20-22-17(10)21-15(16)12-8-19-5-6-25-12/h2-4,7,12-13,16,19H,5-6,8H2,(H,20,22). The molecule has 1 aromatic carbocycles. The fourth-order valence-corrected chi connectivity index (χ4v) is 3.72. The van der Waals surface area contributed by atoms with E-state index in [1.54, 1.807) is 6.20 Å². The minimum atomic E-state index is -0.507. The van der Waals surface area contributed by atoms with Gasteiger partial charge in [-0.05, 0) is 21.9 Å². The molecule has 5 rings (SSSR count). The highest BCUT2D eigenvalue weighted by Crippen LogP contribution is 2.42. The van der Waals surface area contributed by atoms with E-state index in [9.17, 15) is 0 Å². The monoisotopic (exact) mass is 349 g/mol. The highest BCUT2D eigenvalue weighted by Gasteiger charge is 2.45. The minimum absolute atomic E-state index is 0.239. The molecule has 0 aliphatic carbocycles. The lowest BCUT2D eigenvalue weighted by Crippen LogP contribution is -2.48. The molecule has 2 aliphatic rings. The Labute approximate surface area is 148 Å². The first-order chi connectivity index (χ1) is 12.9. The molecule has 3 atom stereocenters. The van der Waals surface area contributed by atoms with Gasteiger partial charge in [0.1, 0.15) is 22.8 Å². The molecule has 130 valence electrons. The molecule has 26 heavy (non-hydrogen) atoms. The second-order valence-electron chi connectivity index (χ2n) is 6.30. The number of nitrogens with one attached hydrogen (secondary N) is 2. The van der Waals surface area contributed by atoms with Crippen LogP contribution in [0.15, 0.2) is 34.0 Å². The molecule has 2 aliphatic heterocycles. The van der Waals surface area contributed by atoms with E-state index in [0.29, 0.717) is 35.7 Å². The Bertz CT molecular complexity index is 1030. The molecule has 9 nitrogen and oxygen atoms in total. The molecule has 3 unspecified atom stereocenters. The number of benzene rings is 1. The number of aliphatic imine (C=N–C) groups is 1. The summed E-state index contributed by atoms with van der Waals surface area (Å²) in [5.74, 6) is 0.391. The molecule has 0 radical (unpaired) electrons. The summed E-state index contributed by atoms with van der Waals surface area (Å²) in [5, 5.41) is 18.4. The molecule has 0 bridgehead atoms. The number of morpholine rings is 1. The average Bonchev–Trinajstić information content (AvgIpc) is 3.36. The van der Waals surface area contributed by atoms with Gasteiger partial charge in [0.15, 0.2) is 5.82 Å². The van der Waals surface area contributed by atoms with Crippen molar-refractivity contribution in [1.82, 2.24) is 25.8 Å². The predicted octanol–water partition coefficient (Wildman–Crippen LogP) is 1.44. The minimum Gasteiger partial charge on any atom is -0.369 e. The van der Waals surface area contributed by atoms with Crippen molar-refractivity contribution in [3.8, 4) is 0 Å². The summed E-state index contributed by atoms with van der Waals surface area (Å²) in [6.07, 6.45) is 1.49. The fraction of sp³-hybridized carbons (Fsp3) is 0.353. The fourth-order valence-electron chi connectivity index (χ4n) is 3.72. The van der Waals surface area contributed by atoms with Crippen molar-refractivity contribution in [3.05, 3.63) is 46.9 Å². The normalized spacial score (nSPS) is 25.5. The number of H-pyrrole nitrogens is 1. The van der Waals surface area contributed by atoms with Gasteiger partial charge in [-0.1, -0.05) is 12.1 Å². The molecule has 2 N–H and O–H groups in total. The second-order valence-corrected chi connectivity index (χ2v) is 6.30. The van der Waals surface area contributed by atoms with Crippen LogP contribution in [-0.4, -0.2) is 58.1 Å². The average molecular weight is 349 g/mol. The number of nitrogens with zero attached hydrogens (tertiary/aromatic N) is 5. The van der Waals surface area contributed by atoms with Crippen LogP contribution in [0.2, 0.25) is 0 Å². The van der Waals surface area contributed by atoms with E-state index >= 15 is 0 Å². The van der Waals surface area contributed by atoms with Gasteiger partial charge >= 0.3 is 0 Å². The maximum Gasteiger partial charge on any atom is 0.275 e. The lowest BCUT2D eigenvalue weighted by Gasteiger charge is -2.30. The number of aromatic nitrogens is 4. The highest BCUT2D eigenvalue weighted by molar-refractivity contribution is 6.00. The van der Waals surface area contributed by atoms with Gasteiger partial charge in [0, 0.05) is 18.7 Å². The van der Waals surface area contributed by atoms with E-state index in [1.165, 1.54) is 0 Å². The Kier molecular flexibility index (Phi) is 3.51. The van der Waals surface area contributed by atoms with Crippen LogP contribution in [0.5, 0.6) is 0 Å². The van der Waals surface area contributed by atoms with Crippen molar-refractivity contribution in [2.45, 2.75) is 18.1 Å². The molecule has 1 fully saturated rings. The molecule has 0 saturated carbocycles. The topological polar surface area (TPSA) is 106 Å². The maximum absolute atomic E-state index is 7.87. The van der Waals surface area contributed by atoms with Crippen LogP contribution >= 0.6 is 0 Å². The van der Waals surface area contributed by atoms with E-state index in [1.807, 2.05) is 18.2 Å². The lowest BCUT2D eigenvalue weighted by atomic mass is 9.80. The predicted molar refractivity (Wildman–Crippen MR) is 92.3 cm³/mol. The Morgan fingerprint density at radius 3 is 3.04 bits per heavy atom. The molecule has 1 saturated heterocycles. The van der Waals surface area contributed by atoms with Crippen LogP contribution in [0.4, 0.5) is 5.82 Å². The van der Waals surface area contributed by atoms with Gasteiger partial charge in [-0.15, -0.1) is 0 Å². The van der Waals surface area contributed by atoms with E-state index in [-0.39, 0.29) is 12.0 Å². The second kappa shape index (κ2) is 6.01. The van der Waals surface area contributed by atoms with Crippen molar-refractivity contribution in [2.24, 2.45) is 4.99 Å². The van der Waals surface area contributed by atoms with Crippen LogP contribution in [0.1, 0.15) is 17.0 Å². The molecule has 9 heteroatoms. The van der Waals surface area contributed by atoms with E-state index in [2.05, 4.69) is 35.7 Å². The summed E-state index contributed by atoms with van der Waals surface area (Å²) in [6.45, 7) is 9.90. The van der Waals surface area contributed by atoms with Gasteiger partial charge in [-0.2, -0.15) is 5.10 Å². The zero-order valence-electron chi connectivity index (χ0n) is 13.7. The van der Waals surface area contributed by atoms with Gasteiger partial charge in [0.05, 0.1) is 18.7 Å². The molecule has 0 spiro atoms. The van der Waals surface area contributed by atoms with E-state index in [4.69, 9.17) is 15.9 Å². The van der Waals surface area contributed by atoms with Crippen LogP contribution in [0.3, 0.4) is 0 Å². The summed E-state index contributed by atoms with van der Waals surface area (Å²) in [5.41, 5.74) is 3.78. The van der Waals surface area contributed by atoms with Crippen LogP contribution in [0, 0.1) is 6.57 Å². The number of rotatable bonds is 2. The largest absolute Gasteiger partial charge is 0.369 e. The maximum atomic E-state index is 7.87. The Hall–Kier alpha value is -3.09. The van der Waals surface area contributed by atoms with Crippen molar-refractivity contribution >= 4 is 22.6 Å². The first-order valence-electron chi connectivity index (χ1n) is 8.38. The van der Waals surface area contributed by atoms with Crippen LogP contribution in [-0.2, 0) is 4.74 Å². The third-order valence-corrected chi connectivity index (χ3v) is 4.89. The molecule has 0 amide bonds. The summed E-state index contributed by atoms with van der Waals surface area (Å²) in [6, 6.07) is 5.18. The summed E-state index contributed by atoms with van der Waals surface area (Å²) in [7, 11) is 0. The van der Waals surface area contributed by atoms with Crippen molar-refractivity contribution in [3.63, 3.8) is 0 Å². The van der Waals surface area contributed by atoms with E-state index in [0.717, 1.165) is 17.7 Å². The Morgan fingerprint density at radius 2 is 2.19 bits per heavy atom. The van der Waals surface area contributed by atoms with Gasteiger partial charge in [0.25, 0.3) is 6.04 Å². The van der Waals surface area contributed by atoms with Crippen molar-refractivity contribution in [2.75, 3.05) is 19.7 Å². The number of ether oxygens (including phenoxy) is 1. The highest BCUT2D eigenvalue weighted by atomic mass is 16.6. The molecule has 2 aromatic heterocycles. The van der Waals surface area contributed by atoms with Gasteiger partial charge < -0.3 is 14.9 Å². The molecule has 4 heterocycles. The summed E-state index contributed by atoms with van der Waals surface area (Å²) in [4.78, 5) is 8.61. The molecular weight excluding hydrogens is 334 g/mol. The zero-order chi connectivity index (χ0) is 17.5. The zero-order valence-corrected chi connectivity index (χ0v) is 13.7. The van der Waals surface area contributed by atoms with Crippen LogP contribution < -0.4 is 5.32 Å². The molecule has 3 aromatic rings. The first kappa shape index (κ1) is 15.2. The number of hydrogen-bond donors (Lipinski definition) is 2. The number of hydrogen-bond acceptors (Lipinski definition) is 7. The first-order valence-corrected chi connectivity index (χ1v) is 8.38. The third kappa shape index (κ3) is 2.23. The van der Waals surface area contributed by atoms with Crippen molar-refractivity contribution < 1.29 is 9.37 Å². The number of aromatic amines is 1. The van der Waals surface area contributed by atoms with Gasteiger partial charge in [-0.25, -0.2) is 16.2 Å². The smallest absolute Gasteiger partial charge is 0.275 e. The Balaban J connectivity index is 1.68. The molecular formula is C17H15N7O2. The van der Waals surface area contributed by atoms with Gasteiger partial charge in [-0.3, -0.25) is 5.10 Å². The van der Waals surface area contributed by atoms with Crippen molar-refractivity contribution in [1.29, 1.82) is 0 Å². The Morgan fingerprint density at radius 1 is 1.23 bits per heavy atom. The quantitative estimate of drug-likeness (QED) is 0.678. The van der Waals surface area contributed by atoms with E-state index < -0.39 is 6.04 Å². The SMILES string of the molecule is [C-]#[N+]C1C(C2CNCCO2)=Nc2[nH]ncc2C1c1cccc2nonc12. The number of fused-ring (bicyclic) bond motifs is 2. The summed E-state index contributed by atoms with van der Waals surface area (Å²) >= 11 is 0. The lowest BCUT2D eigenvalue weighted by molar-refractivity contribution is 0.0694. The third-order valence-electron chi connectivity index (χ3n) is 4.89.